The molecular formula is C54H64O5Si3. The average molecular weight is 877 g/mol. The van der Waals surface area contributed by atoms with E-state index in [0.29, 0.717) is 0 Å². The van der Waals surface area contributed by atoms with Gasteiger partial charge in [0.2, 0.25) is 0 Å². The number of hydrogen-bond acceptors (Lipinski definition) is 5. The molecule has 0 bridgehead atoms. The van der Waals surface area contributed by atoms with E-state index >= 15 is 0 Å². The van der Waals surface area contributed by atoms with Crippen molar-refractivity contribution in [2.75, 3.05) is 6.61 Å². The number of carbonyl (C=O) groups excluding carboxylic acids is 1. The largest absolute Gasteiger partial charge is 0.457 e. The molecule has 6 aromatic rings. The molecule has 0 aromatic heterocycles. The van der Waals surface area contributed by atoms with Crippen LogP contribution < -0.4 is 31.1 Å². The number of carbonyl (C=O) groups is 1. The van der Waals surface area contributed by atoms with E-state index < -0.39 is 43.3 Å². The molecule has 0 unspecified atom stereocenters. The second-order valence-electron chi connectivity index (χ2n) is 19.8. The van der Waals surface area contributed by atoms with Gasteiger partial charge >= 0.3 is 5.97 Å². The Morgan fingerprint density at radius 3 is 1.00 bits per heavy atom. The minimum absolute atomic E-state index is 0.0447. The minimum atomic E-state index is -3.26. The molecule has 6 aromatic carbocycles. The standard InChI is InChI=1S/C54H64O5Si3/c1-52(2,3)60(42-28-16-10-17-29-42,43-30-18-11-19-31-43)56-41-49-51(59-62(54(7,8)9,46-36-24-14-25-37-46)47-38-26-15-27-39-47)48(40-50(55)57-49)58-61(53(4,5)6,44-32-20-12-21-33-44)45-34-22-13-23-35-45/h10-39,48-49,51H,40-41H2,1-9H3/t48-,49-,51+/m1/s1. The SMILES string of the molecule is CC(C)(C)[Si](OC[C@H]1OC(=O)C[C@@H](O[Si](c2ccccc2)(c2ccccc2)C(C)(C)C)[C@@H]1O[Si](c1ccccc1)(c1ccccc1)C(C)(C)C)(c1ccccc1)c1ccccc1. The third-order valence-electron chi connectivity index (χ3n) is 12.7. The van der Waals surface area contributed by atoms with E-state index in [9.17, 15) is 4.79 Å². The topological polar surface area (TPSA) is 54.0 Å². The van der Waals surface area contributed by atoms with Gasteiger partial charge in [0, 0.05) is 0 Å². The van der Waals surface area contributed by atoms with E-state index in [1.165, 1.54) is 0 Å². The molecule has 0 radical (unpaired) electrons. The molecule has 5 nitrogen and oxygen atoms in total. The Hall–Kier alpha value is -4.68. The summed E-state index contributed by atoms with van der Waals surface area (Å²) in [4.78, 5) is 14.4. The zero-order chi connectivity index (χ0) is 44.2. The van der Waals surface area contributed by atoms with Gasteiger partial charge in [-0.05, 0) is 46.2 Å². The molecule has 1 aliphatic rings. The summed E-state index contributed by atoms with van der Waals surface area (Å²) in [6.07, 6.45) is -2.11. The maximum absolute atomic E-state index is 14.4. The van der Waals surface area contributed by atoms with Gasteiger partial charge in [0.05, 0.1) is 19.1 Å². The lowest BCUT2D eigenvalue weighted by molar-refractivity contribution is -0.177. The Morgan fingerprint density at radius 2 is 0.710 bits per heavy atom. The fraction of sp³-hybridized carbons (Fsp3) is 0.315. The van der Waals surface area contributed by atoms with Crippen LogP contribution in [0.2, 0.25) is 15.1 Å². The van der Waals surface area contributed by atoms with Crippen molar-refractivity contribution >= 4 is 62.0 Å². The molecule has 1 fully saturated rings. The van der Waals surface area contributed by atoms with Crippen molar-refractivity contribution in [3.63, 3.8) is 0 Å². The van der Waals surface area contributed by atoms with Crippen LogP contribution in [0.5, 0.6) is 0 Å². The maximum Gasteiger partial charge on any atom is 0.308 e. The van der Waals surface area contributed by atoms with Gasteiger partial charge < -0.3 is 18.0 Å². The number of hydrogen-bond donors (Lipinski definition) is 0. The molecule has 1 heterocycles. The van der Waals surface area contributed by atoms with Gasteiger partial charge in [0.1, 0.15) is 6.10 Å². The maximum atomic E-state index is 14.4. The number of rotatable bonds is 13. The van der Waals surface area contributed by atoms with Crippen LogP contribution in [0.1, 0.15) is 68.7 Å². The van der Waals surface area contributed by atoms with Gasteiger partial charge in [-0.3, -0.25) is 4.79 Å². The van der Waals surface area contributed by atoms with E-state index in [-0.39, 0.29) is 34.1 Å². The van der Waals surface area contributed by atoms with Gasteiger partial charge in [0.15, 0.2) is 6.10 Å². The highest BCUT2D eigenvalue weighted by atomic mass is 28.4. The van der Waals surface area contributed by atoms with Crippen molar-refractivity contribution in [2.24, 2.45) is 0 Å². The van der Waals surface area contributed by atoms with E-state index in [1.54, 1.807) is 0 Å². The molecule has 0 saturated carbocycles. The van der Waals surface area contributed by atoms with Crippen LogP contribution in [0.25, 0.3) is 0 Å². The van der Waals surface area contributed by atoms with Gasteiger partial charge in [-0.1, -0.05) is 244 Å². The molecule has 322 valence electrons. The summed E-state index contributed by atoms with van der Waals surface area (Å²) in [6, 6.07) is 64.0. The molecule has 8 heteroatoms. The molecule has 0 amide bonds. The summed E-state index contributed by atoms with van der Waals surface area (Å²) in [5.74, 6) is -0.314. The lowest BCUT2D eigenvalue weighted by Crippen LogP contribution is -2.73. The van der Waals surface area contributed by atoms with Crippen molar-refractivity contribution in [3.8, 4) is 0 Å². The summed E-state index contributed by atoms with van der Waals surface area (Å²) in [6.45, 7) is 20.7. The number of ether oxygens (including phenoxy) is 1. The third-order valence-corrected chi connectivity index (χ3v) is 27.8. The summed E-state index contributed by atoms with van der Waals surface area (Å²) < 4.78 is 30.5. The van der Waals surface area contributed by atoms with Crippen molar-refractivity contribution in [2.45, 2.75) is 102 Å². The van der Waals surface area contributed by atoms with Crippen LogP contribution in [0.15, 0.2) is 182 Å². The van der Waals surface area contributed by atoms with Gasteiger partial charge in [-0.15, -0.1) is 0 Å². The normalized spacial score (nSPS) is 18.0. The number of cyclic esters (lactones) is 1. The highest BCUT2D eigenvalue weighted by Gasteiger charge is 2.59. The summed E-state index contributed by atoms with van der Waals surface area (Å²) >= 11 is 0. The van der Waals surface area contributed by atoms with Crippen LogP contribution in [0.3, 0.4) is 0 Å². The molecule has 0 N–H and O–H groups in total. The predicted octanol–water partition coefficient (Wildman–Crippen LogP) is 8.77. The van der Waals surface area contributed by atoms with Crippen LogP contribution in [-0.4, -0.2) is 55.8 Å². The van der Waals surface area contributed by atoms with Crippen LogP contribution >= 0.6 is 0 Å². The lowest BCUT2D eigenvalue weighted by Gasteiger charge is -2.52. The van der Waals surface area contributed by atoms with E-state index in [1.807, 2.05) is 0 Å². The molecule has 3 atom stereocenters. The second kappa shape index (κ2) is 18.2. The van der Waals surface area contributed by atoms with Crippen molar-refractivity contribution in [1.82, 2.24) is 0 Å². The highest BCUT2D eigenvalue weighted by Crippen LogP contribution is 2.44. The summed E-state index contributed by atoms with van der Waals surface area (Å²) in [5, 5.41) is 5.88. The Balaban J connectivity index is 1.46. The lowest BCUT2D eigenvalue weighted by atomic mass is 10.0. The molecule has 1 saturated heterocycles. The van der Waals surface area contributed by atoms with E-state index in [2.05, 4.69) is 244 Å². The van der Waals surface area contributed by atoms with Gasteiger partial charge in [0.25, 0.3) is 25.0 Å². The molecular weight excluding hydrogens is 813 g/mol. The quantitative estimate of drug-likeness (QED) is 0.0859. The van der Waals surface area contributed by atoms with Gasteiger partial charge in [-0.25, -0.2) is 0 Å². The Labute approximate surface area is 373 Å². The third kappa shape index (κ3) is 8.53. The molecule has 0 spiro atoms. The van der Waals surface area contributed by atoms with Crippen LogP contribution in [0.4, 0.5) is 0 Å². The van der Waals surface area contributed by atoms with Crippen molar-refractivity contribution in [3.05, 3.63) is 182 Å². The second-order valence-corrected chi connectivity index (χ2v) is 32.6. The van der Waals surface area contributed by atoms with Crippen molar-refractivity contribution < 1.29 is 22.8 Å². The zero-order valence-corrected chi connectivity index (χ0v) is 41.0. The summed E-state index contributed by atoms with van der Waals surface area (Å²) in [7, 11) is -9.56. The fourth-order valence-corrected chi connectivity index (χ4v) is 24.0. The zero-order valence-electron chi connectivity index (χ0n) is 38.0. The molecule has 1 aliphatic heterocycles. The van der Waals surface area contributed by atoms with Crippen LogP contribution in [0, 0.1) is 0 Å². The molecule has 62 heavy (non-hydrogen) atoms. The fourth-order valence-electron chi connectivity index (χ4n) is 9.98. The number of benzene rings is 6. The van der Waals surface area contributed by atoms with E-state index in [4.69, 9.17) is 18.0 Å². The number of esters is 1. The Bertz CT molecular complexity index is 2220. The first-order valence-electron chi connectivity index (χ1n) is 22.1. The predicted molar refractivity (Wildman–Crippen MR) is 263 cm³/mol. The highest BCUT2D eigenvalue weighted by molar-refractivity contribution is 7.01. The Kier molecular flexibility index (Phi) is 13.3. The smallest absolute Gasteiger partial charge is 0.308 e. The molecule has 0 aliphatic carbocycles. The first kappa shape index (κ1) is 45.3. The average Bonchev–Trinajstić information content (AvgIpc) is 3.26. The van der Waals surface area contributed by atoms with Crippen LogP contribution in [-0.2, 0) is 22.8 Å². The molecule has 7 rings (SSSR count). The first-order chi connectivity index (χ1) is 29.5. The first-order valence-corrected chi connectivity index (χ1v) is 27.8. The van der Waals surface area contributed by atoms with Crippen molar-refractivity contribution in [1.29, 1.82) is 0 Å². The van der Waals surface area contributed by atoms with E-state index in [0.717, 1.165) is 31.1 Å². The minimum Gasteiger partial charge on any atom is -0.457 e. The Morgan fingerprint density at radius 1 is 0.435 bits per heavy atom. The monoisotopic (exact) mass is 876 g/mol. The van der Waals surface area contributed by atoms with Gasteiger partial charge in [-0.2, -0.15) is 0 Å². The summed E-state index contributed by atoms with van der Waals surface area (Å²) in [5.41, 5.74) is 0.